The van der Waals surface area contributed by atoms with Gasteiger partial charge >= 0.3 is 12.2 Å². The van der Waals surface area contributed by atoms with Crippen molar-refractivity contribution >= 4 is 22.8 Å². The number of pyridine rings is 2. The Kier molecular flexibility index (Phi) is 8.47. The van der Waals surface area contributed by atoms with Crippen LogP contribution in [0.25, 0.3) is 22.6 Å². The number of benzene rings is 1. The summed E-state index contributed by atoms with van der Waals surface area (Å²) in [5, 5.41) is 14.6. The molecule has 2 aliphatic heterocycles. The lowest BCUT2D eigenvalue weighted by atomic mass is 9.92. The van der Waals surface area contributed by atoms with Gasteiger partial charge in [0.2, 0.25) is 5.89 Å². The second kappa shape index (κ2) is 12.9. The van der Waals surface area contributed by atoms with E-state index >= 15 is 0 Å². The minimum Gasteiger partial charge on any atom is -0.455 e. The predicted molar refractivity (Wildman–Crippen MR) is 170 cm³/mol. The smallest absolute Gasteiger partial charge is 0.416 e. The fourth-order valence-electron chi connectivity index (χ4n) is 6.26. The number of nitrogens with one attached hydrogen (secondary N) is 3. The van der Waals surface area contributed by atoms with Crippen LogP contribution >= 0.6 is 0 Å². The molecule has 2 aliphatic rings. The molecule has 1 aromatic carbocycles. The Morgan fingerprint density at radius 3 is 2.71 bits per heavy atom. The van der Waals surface area contributed by atoms with Crippen LogP contribution in [0.5, 0.6) is 11.5 Å². The maximum atomic E-state index is 14.1. The topological polar surface area (TPSA) is 137 Å². The molecule has 250 valence electrons. The number of aromatic amines is 1. The van der Waals surface area contributed by atoms with Gasteiger partial charge in [-0.1, -0.05) is 13.0 Å². The van der Waals surface area contributed by atoms with Gasteiger partial charge in [0.05, 0.1) is 22.8 Å². The van der Waals surface area contributed by atoms with Gasteiger partial charge in [-0.3, -0.25) is 9.88 Å². The van der Waals surface area contributed by atoms with E-state index in [1.54, 1.807) is 30.3 Å². The van der Waals surface area contributed by atoms with Crippen molar-refractivity contribution in [1.29, 1.82) is 0 Å². The Morgan fingerprint density at radius 1 is 1.12 bits per heavy atom. The highest BCUT2D eigenvalue weighted by molar-refractivity contribution is 5.90. The van der Waals surface area contributed by atoms with Crippen LogP contribution in [0.15, 0.2) is 53.2 Å². The number of rotatable bonds is 7. The summed E-state index contributed by atoms with van der Waals surface area (Å²) >= 11 is 0. The van der Waals surface area contributed by atoms with Gasteiger partial charge in [0, 0.05) is 70.5 Å². The van der Waals surface area contributed by atoms with Gasteiger partial charge in [0.25, 0.3) is 5.89 Å². The van der Waals surface area contributed by atoms with Crippen LogP contribution in [0.3, 0.4) is 0 Å². The molecule has 3 N–H and O–H groups in total. The maximum absolute atomic E-state index is 14.1. The van der Waals surface area contributed by atoms with Crippen LogP contribution in [-0.2, 0) is 19.3 Å². The van der Waals surface area contributed by atoms with Gasteiger partial charge in [0.15, 0.2) is 0 Å². The van der Waals surface area contributed by atoms with Gasteiger partial charge in [-0.05, 0) is 47.9 Å². The summed E-state index contributed by atoms with van der Waals surface area (Å²) in [7, 11) is 0. The van der Waals surface area contributed by atoms with E-state index in [4.69, 9.17) is 14.1 Å². The highest BCUT2D eigenvalue weighted by Crippen LogP contribution is 2.37. The Hall–Kier alpha value is -5.02. The first-order valence-electron chi connectivity index (χ1n) is 15.8. The summed E-state index contributed by atoms with van der Waals surface area (Å²) < 4.78 is 54.1. The molecule has 1 atom stereocenters. The molecular formula is C33H34F3N9O3. The molecule has 0 radical (unpaired) electrons. The van der Waals surface area contributed by atoms with Gasteiger partial charge in [-0.15, -0.1) is 10.2 Å². The lowest BCUT2D eigenvalue weighted by Crippen LogP contribution is -2.43. The zero-order chi connectivity index (χ0) is 33.4. The van der Waals surface area contributed by atoms with E-state index < -0.39 is 17.8 Å². The third-order valence-corrected chi connectivity index (χ3v) is 8.69. The number of alkyl halides is 3. The van der Waals surface area contributed by atoms with Crippen LogP contribution in [0.1, 0.15) is 47.5 Å². The van der Waals surface area contributed by atoms with Crippen molar-refractivity contribution < 1.29 is 27.1 Å². The minimum absolute atomic E-state index is 0.0570. The number of nitrogens with zero attached hydrogens (tertiary/aromatic N) is 6. The molecular weight excluding hydrogens is 627 g/mol. The van der Waals surface area contributed by atoms with Gasteiger partial charge < -0.3 is 29.7 Å². The standard InChI is InChI=1S/C33H34F3N9O3/c1-3-20-17-45(32(46)40-23-5-4-21(26(13-23)33(34,35)36)16-44-10-8-37-9-11-44)18-22-12-24(15-39-29(20)22)48-28-6-7-38-30-25(28)14-27(41-30)31-43-42-19(2)47-31/h4-7,12-15,20,37H,3,8-11,16-18H2,1-2H3,(H,38,41)(H,40,46)/t20-/m0/s1. The Bertz CT molecular complexity index is 1950. The highest BCUT2D eigenvalue weighted by Gasteiger charge is 2.35. The number of amides is 2. The van der Waals surface area contributed by atoms with E-state index in [0.29, 0.717) is 59.6 Å². The molecule has 48 heavy (non-hydrogen) atoms. The first-order valence-corrected chi connectivity index (χ1v) is 15.8. The molecule has 7 rings (SSSR count). The quantitative estimate of drug-likeness (QED) is 0.190. The Labute approximate surface area is 273 Å². The molecule has 5 aromatic rings. The first kappa shape index (κ1) is 31.6. The number of urea groups is 1. The summed E-state index contributed by atoms with van der Waals surface area (Å²) in [5.41, 5.74) is 2.36. The normalized spacial score (nSPS) is 17.0. The number of carbonyl (C=O) groups is 1. The molecule has 15 heteroatoms. The number of carbonyl (C=O) groups excluding carboxylic acids is 1. The van der Waals surface area contributed by atoms with E-state index in [0.717, 1.165) is 36.8 Å². The fourth-order valence-corrected chi connectivity index (χ4v) is 6.26. The van der Waals surface area contributed by atoms with Crippen molar-refractivity contribution in [3.8, 4) is 23.1 Å². The average Bonchev–Trinajstić information content (AvgIpc) is 3.71. The summed E-state index contributed by atoms with van der Waals surface area (Å²) in [6.45, 7) is 7.32. The molecule has 0 spiro atoms. The maximum Gasteiger partial charge on any atom is 0.416 e. The minimum atomic E-state index is -4.56. The molecule has 0 bridgehead atoms. The third kappa shape index (κ3) is 6.55. The SMILES string of the molecule is CC[C@H]1CN(C(=O)Nc2ccc(CN3CCNCC3)c(C(F)(F)F)c2)Cc2cc(Oc3ccnc4[nH]c(-c5nnc(C)o5)cc34)cnc21. The number of ether oxygens (including phenoxy) is 1. The summed E-state index contributed by atoms with van der Waals surface area (Å²) in [6.07, 6.45) is -0.573. The van der Waals surface area contributed by atoms with Crippen molar-refractivity contribution in [2.75, 3.05) is 38.0 Å². The van der Waals surface area contributed by atoms with Crippen LogP contribution in [0, 0.1) is 6.92 Å². The number of H-pyrrole nitrogens is 1. The van der Waals surface area contributed by atoms with Crippen molar-refractivity contribution in [1.82, 2.24) is 40.3 Å². The fraction of sp³-hybridized carbons (Fsp3) is 0.364. The van der Waals surface area contributed by atoms with E-state index in [1.807, 2.05) is 24.0 Å². The lowest BCUT2D eigenvalue weighted by molar-refractivity contribution is -0.138. The van der Waals surface area contributed by atoms with Crippen LogP contribution in [0.2, 0.25) is 0 Å². The van der Waals surface area contributed by atoms with E-state index in [2.05, 4.69) is 30.8 Å². The van der Waals surface area contributed by atoms with Crippen molar-refractivity contribution in [3.63, 3.8) is 0 Å². The molecule has 0 unspecified atom stereocenters. The summed E-state index contributed by atoms with van der Waals surface area (Å²) in [4.78, 5) is 29.3. The van der Waals surface area contributed by atoms with Gasteiger partial charge in [0.1, 0.15) is 22.8 Å². The molecule has 12 nitrogen and oxygen atoms in total. The lowest BCUT2D eigenvalue weighted by Gasteiger charge is -2.34. The van der Waals surface area contributed by atoms with Crippen LogP contribution in [-0.4, -0.2) is 73.7 Å². The Morgan fingerprint density at radius 2 is 1.96 bits per heavy atom. The number of hydrogen-bond acceptors (Lipinski definition) is 9. The molecule has 1 fully saturated rings. The first-order chi connectivity index (χ1) is 23.1. The average molecular weight is 662 g/mol. The summed E-state index contributed by atoms with van der Waals surface area (Å²) in [6, 6.07) is 8.93. The molecule has 1 saturated heterocycles. The van der Waals surface area contributed by atoms with Gasteiger partial charge in [-0.25, -0.2) is 9.78 Å². The van der Waals surface area contributed by atoms with Gasteiger partial charge in [-0.2, -0.15) is 13.2 Å². The molecule has 2 amide bonds. The number of hydrogen-bond donors (Lipinski definition) is 3. The Balaban J connectivity index is 1.09. The largest absolute Gasteiger partial charge is 0.455 e. The molecule has 6 heterocycles. The molecule has 0 saturated carbocycles. The second-order valence-electron chi connectivity index (χ2n) is 12.0. The number of aromatic nitrogens is 5. The van der Waals surface area contributed by atoms with Crippen molar-refractivity contribution in [3.05, 3.63) is 77.1 Å². The zero-order valence-corrected chi connectivity index (χ0v) is 26.4. The third-order valence-electron chi connectivity index (χ3n) is 8.69. The number of aryl methyl sites for hydroxylation is 1. The summed E-state index contributed by atoms with van der Waals surface area (Å²) in [5.74, 6) is 1.70. The number of fused-ring (bicyclic) bond motifs is 2. The van der Waals surface area contributed by atoms with Crippen LogP contribution < -0.4 is 15.4 Å². The zero-order valence-electron chi connectivity index (χ0n) is 26.4. The van der Waals surface area contributed by atoms with Crippen LogP contribution in [0.4, 0.5) is 23.7 Å². The predicted octanol–water partition coefficient (Wildman–Crippen LogP) is 6.07. The highest BCUT2D eigenvalue weighted by atomic mass is 19.4. The van der Waals surface area contributed by atoms with E-state index in [1.165, 1.54) is 12.1 Å². The van der Waals surface area contributed by atoms with E-state index in [-0.39, 0.29) is 30.3 Å². The molecule has 4 aromatic heterocycles. The molecule has 0 aliphatic carbocycles. The van der Waals surface area contributed by atoms with Crippen molar-refractivity contribution in [2.45, 2.75) is 45.5 Å². The number of halogens is 3. The van der Waals surface area contributed by atoms with E-state index in [9.17, 15) is 18.0 Å². The monoisotopic (exact) mass is 661 g/mol. The number of anilines is 1. The number of piperazine rings is 1. The second-order valence-corrected chi connectivity index (χ2v) is 12.0. The van der Waals surface area contributed by atoms with Crippen molar-refractivity contribution in [2.24, 2.45) is 0 Å².